The molecule has 1 aliphatic heterocycles. The van der Waals surface area contributed by atoms with Crippen molar-refractivity contribution in [1.82, 2.24) is 15.2 Å². The maximum Gasteiger partial charge on any atom is 0.248 e. The fourth-order valence-electron chi connectivity index (χ4n) is 1.40. The molecular formula is C8H12N4O2S. The Balaban J connectivity index is 1.92. The molecule has 15 heavy (non-hydrogen) atoms. The number of nitrogens with zero attached hydrogens (tertiary/aromatic N) is 2. The summed E-state index contributed by atoms with van der Waals surface area (Å²) in [4.78, 5) is 15.5. The Kier molecular flexibility index (Phi) is 3.22. The summed E-state index contributed by atoms with van der Waals surface area (Å²) in [5.41, 5.74) is 0. The molecule has 1 fully saturated rings. The van der Waals surface area contributed by atoms with Crippen LogP contribution in [0.2, 0.25) is 0 Å². The van der Waals surface area contributed by atoms with Crippen LogP contribution < -0.4 is 5.32 Å². The lowest BCUT2D eigenvalue weighted by atomic mass is 10.2. The number of anilines is 1. The first-order valence-corrected chi connectivity index (χ1v) is 5.79. The second-order valence-corrected chi connectivity index (χ2v) is 4.57. The number of amides is 1. The average Bonchev–Trinajstić information content (AvgIpc) is 2.87. The van der Waals surface area contributed by atoms with E-state index in [1.54, 1.807) is 11.8 Å². The van der Waals surface area contributed by atoms with Gasteiger partial charge in [-0.3, -0.25) is 15.2 Å². The van der Waals surface area contributed by atoms with Gasteiger partial charge >= 0.3 is 0 Å². The molecule has 1 saturated heterocycles. The van der Waals surface area contributed by atoms with Gasteiger partial charge in [-0.1, -0.05) is 0 Å². The Morgan fingerprint density at radius 1 is 1.73 bits per heavy atom. The summed E-state index contributed by atoms with van der Waals surface area (Å²) in [6, 6.07) is 0. The summed E-state index contributed by atoms with van der Waals surface area (Å²) in [5.74, 6) is 1.57. The number of aliphatic hydroxyl groups is 1. The molecule has 0 aromatic carbocycles. The summed E-state index contributed by atoms with van der Waals surface area (Å²) in [7, 11) is 0. The highest BCUT2D eigenvalue weighted by Crippen LogP contribution is 2.26. The zero-order chi connectivity index (χ0) is 10.7. The van der Waals surface area contributed by atoms with Crippen molar-refractivity contribution in [2.75, 3.05) is 11.1 Å². The molecule has 0 bridgehead atoms. The van der Waals surface area contributed by atoms with Crippen LogP contribution in [0.25, 0.3) is 0 Å². The minimum absolute atomic E-state index is 0.0149. The van der Waals surface area contributed by atoms with Gasteiger partial charge in [0.05, 0.1) is 5.25 Å². The monoisotopic (exact) mass is 228 g/mol. The predicted octanol–water partition coefficient (Wildman–Crippen LogP) is 0.131. The third kappa shape index (κ3) is 2.48. The largest absolute Gasteiger partial charge is 0.388 e. The number of hydrogen-bond acceptors (Lipinski definition) is 5. The van der Waals surface area contributed by atoms with Crippen molar-refractivity contribution in [2.45, 2.75) is 24.7 Å². The van der Waals surface area contributed by atoms with Crippen molar-refractivity contribution >= 4 is 23.6 Å². The van der Waals surface area contributed by atoms with Crippen molar-refractivity contribution in [3.63, 3.8) is 0 Å². The van der Waals surface area contributed by atoms with Crippen molar-refractivity contribution in [1.29, 1.82) is 0 Å². The third-order valence-electron chi connectivity index (χ3n) is 2.14. The Hall–Kier alpha value is -1.08. The predicted molar refractivity (Wildman–Crippen MR) is 56.4 cm³/mol. The number of H-pyrrole nitrogens is 1. The van der Waals surface area contributed by atoms with Crippen LogP contribution in [-0.2, 0) is 11.4 Å². The van der Waals surface area contributed by atoms with Crippen LogP contribution in [0.4, 0.5) is 5.95 Å². The maximum absolute atomic E-state index is 11.6. The lowest BCUT2D eigenvalue weighted by molar-refractivity contribution is -0.115. The first-order valence-electron chi connectivity index (χ1n) is 4.74. The summed E-state index contributed by atoms with van der Waals surface area (Å²) < 4.78 is 0. The normalized spacial score (nSPS) is 20.5. The molecule has 1 amide bonds. The second kappa shape index (κ2) is 4.63. The van der Waals surface area contributed by atoms with E-state index in [2.05, 4.69) is 20.5 Å². The fourth-order valence-corrected chi connectivity index (χ4v) is 2.56. The average molecular weight is 228 g/mol. The molecule has 1 unspecified atom stereocenters. The van der Waals surface area contributed by atoms with Gasteiger partial charge in [0.15, 0.2) is 5.82 Å². The Morgan fingerprint density at radius 3 is 3.20 bits per heavy atom. The highest BCUT2D eigenvalue weighted by atomic mass is 32.2. The lowest BCUT2D eigenvalue weighted by Crippen LogP contribution is -2.23. The van der Waals surface area contributed by atoms with Crippen LogP contribution in [0.3, 0.4) is 0 Å². The van der Waals surface area contributed by atoms with Gasteiger partial charge in [-0.25, -0.2) is 0 Å². The van der Waals surface area contributed by atoms with Crippen molar-refractivity contribution < 1.29 is 9.90 Å². The van der Waals surface area contributed by atoms with E-state index in [1.165, 1.54) is 0 Å². The number of hydrogen-bond donors (Lipinski definition) is 3. The van der Waals surface area contributed by atoms with E-state index in [0.29, 0.717) is 5.82 Å². The standard InChI is InChI=1S/C8H12N4O2S/c13-4-6-9-8(12-11-6)10-7(14)5-2-1-3-15-5/h5,13H,1-4H2,(H2,9,10,11,12,14). The van der Waals surface area contributed by atoms with Crippen LogP contribution in [0.1, 0.15) is 18.7 Å². The van der Waals surface area contributed by atoms with Gasteiger partial charge in [0.2, 0.25) is 11.9 Å². The van der Waals surface area contributed by atoms with Gasteiger partial charge in [0.1, 0.15) is 6.61 Å². The Morgan fingerprint density at radius 2 is 2.60 bits per heavy atom. The molecule has 6 nitrogen and oxygen atoms in total. The van der Waals surface area contributed by atoms with Gasteiger partial charge in [0, 0.05) is 0 Å². The third-order valence-corrected chi connectivity index (χ3v) is 3.52. The second-order valence-electron chi connectivity index (χ2n) is 3.25. The first kappa shape index (κ1) is 10.4. The molecule has 0 radical (unpaired) electrons. The zero-order valence-electron chi connectivity index (χ0n) is 8.06. The first-order chi connectivity index (χ1) is 7.29. The molecule has 2 rings (SSSR count). The van der Waals surface area contributed by atoms with Gasteiger partial charge in [-0.05, 0) is 18.6 Å². The highest BCUT2D eigenvalue weighted by molar-refractivity contribution is 8.00. The summed E-state index contributed by atoms with van der Waals surface area (Å²) >= 11 is 1.66. The van der Waals surface area contributed by atoms with Gasteiger partial charge in [0.25, 0.3) is 0 Å². The Labute approximate surface area is 90.9 Å². The molecule has 7 heteroatoms. The minimum Gasteiger partial charge on any atom is -0.388 e. The van der Waals surface area contributed by atoms with E-state index in [9.17, 15) is 4.79 Å². The topological polar surface area (TPSA) is 90.9 Å². The SMILES string of the molecule is O=C(Nc1n[nH]c(CO)n1)C1CCCS1. The number of carbonyl (C=O) groups excluding carboxylic acids is 1. The van der Waals surface area contributed by atoms with E-state index in [0.717, 1.165) is 18.6 Å². The van der Waals surface area contributed by atoms with Crippen molar-refractivity contribution in [2.24, 2.45) is 0 Å². The number of nitrogens with one attached hydrogen (secondary N) is 2. The molecule has 1 aromatic rings. The van der Waals surface area contributed by atoms with Crippen LogP contribution in [0, 0.1) is 0 Å². The quantitative estimate of drug-likeness (QED) is 0.684. The fraction of sp³-hybridized carbons (Fsp3) is 0.625. The molecule has 1 aromatic heterocycles. The molecule has 1 atom stereocenters. The van der Waals surface area contributed by atoms with Crippen LogP contribution >= 0.6 is 11.8 Å². The van der Waals surface area contributed by atoms with Gasteiger partial charge in [-0.15, -0.1) is 16.9 Å². The summed E-state index contributed by atoms with van der Waals surface area (Å²) in [6.07, 6.45) is 1.99. The summed E-state index contributed by atoms with van der Waals surface area (Å²) in [6.45, 7) is -0.207. The number of carbonyl (C=O) groups is 1. The molecule has 0 saturated carbocycles. The number of rotatable bonds is 3. The number of aliphatic hydroxyl groups excluding tert-OH is 1. The van der Waals surface area contributed by atoms with E-state index < -0.39 is 0 Å². The number of aromatic nitrogens is 3. The molecule has 82 valence electrons. The molecule has 2 heterocycles. The molecule has 3 N–H and O–H groups in total. The molecule has 0 spiro atoms. The molecule has 1 aliphatic rings. The van der Waals surface area contributed by atoms with Gasteiger partial charge in [-0.2, -0.15) is 4.98 Å². The van der Waals surface area contributed by atoms with Crippen molar-refractivity contribution in [3.8, 4) is 0 Å². The maximum atomic E-state index is 11.6. The smallest absolute Gasteiger partial charge is 0.248 e. The highest BCUT2D eigenvalue weighted by Gasteiger charge is 2.24. The van der Waals surface area contributed by atoms with E-state index in [-0.39, 0.29) is 23.7 Å². The van der Waals surface area contributed by atoms with E-state index in [1.807, 2.05) is 0 Å². The van der Waals surface area contributed by atoms with Gasteiger partial charge < -0.3 is 5.11 Å². The molecule has 0 aliphatic carbocycles. The minimum atomic E-state index is -0.207. The van der Waals surface area contributed by atoms with E-state index in [4.69, 9.17) is 5.11 Å². The number of aromatic amines is 1. The number of thioether (sulfide) groups is 1. The zero-order valence-corrected chi connectivity index (χ0v) is 8.88. The lowest BCUT2D eigenvalue weighted by Gasteiger charge is -2.05. The molecular weight excluding hydrogens is 216 g/mol. The van der Waals surface area contributed by atoms with Crippen LogP contribution in [0.15, 0.2) is 0 Å². The van der Waals surface area contributed by atoms with Crippen LogP contribution in [0.5, 0.6) is 0 Å². The van der Waals surface area contributed by atoms with Crippen molar-refractivity contribution in [3.05, 3.63) is 5.82 Å². The Bertz CT molecular complexity index is 348. The summed E-state index contributed by atoms with van der Waals surface area (Å²) in [5, 5.41) is 17.7. The van der Waals surface area contributed by atoms with Crippen LogP contribution in [-0.4, -0.2) is 37.2 Å². The van der Waals surface area contributed by atoms with E-state index >= 15 is 0 Å².